The molecule has 0 amide bonds. The van der Waals surface area contributed by atoms with Crippen molar-refractivity contribution >= 4 is 21.7 Å². The largest absolute Gasteiger partial charge is 0.463 e. The van der Waals surface area contributed by atoms with E-state index in [2.05, 4.69) is 0 Å². The molecule has 152 valence electrons. The molecule has 0 aromatic heterocycles. The Balaban J connectivity index is 2.03. The molecule has 0 fully saturated rings. The van der Waals surface area contributed by atoms with Gasteiger partial charge < -0.3 is 4.74 Å². The third-order valence-corrected chi connectivity index (χ3v) is 6.48. The van der Waals surface area contributed by atoms with Crippen LogP contribution in [-0.2, 0) is 19.6 Å². The summed E-state index contributed by atoms with van der Waals surface area (Å²) < 4.78 is 32.8. The van der Waals surface area contributed by atoms with Crippen molar-refractivity contribution in [1.82, 2.24) is 4.31 Å². The maximum absolute atomic E-state index is 13.3. The molecular formula is C20H20N2O6S. The number of rotatable bonds is 6. The fourth-order valence-electron chi connectivity index (χ4n) is 3.18. The van der Waals surface area contributed by atoms with Gasteiger partial charge in [-0.05, 0) is 31.5 Å². The lowest BCUT2D eigenvalue weighted by Gasteiger charge is -2.26. The topological polar surface area (TPSA) is 107 Å². The molecular weight excluding hydrogens is 396 g/mol. The minimum Gasteiger partial charge on any atom is -0.463 e. The van der Waals surface area contributed by atoms with Crippen molar-refractivity contribution in [1.29, 1.82) is 0 Å². The first-order valence-corrected chi connectivity index (χ1v) is 10.4. The van der Waals surface area contributed by atoms with Gasteiger partial charge in [-0.1, -0.05) is 35.9 Å². The fourth-order valence-corrected chi connectivity index (χ4v) is 4.71. The van der Waals surface area contributed by atoms with E-state index in [0.29, 0.717) is 5.56 Å². The van der Waals surface area contributed by atoms with Gasteiger partial charge >= 0.3 is 5.97 Å². The summed E-state index contributed by atoms with van der Waals surface area (Å²) >= 11 is 0. The average molecular weight is 416 g/mol. The molecule has 0 radical (unpaired) electrons. The van der Waals surface area contributed by atoms with Gasteiger partial charge in [0, 0.05) is 18.7 Å². The third-order valence-electron chi connectivity index (χ3n) is 4.63. The zero-order valence-corrected chi connectivity index (χ0v) is 16.8. The second-order valence-electron chi connectivity index (χ2n) is 6.52. The molecule has 0 aliphatic carbocycles. The van der Waals surface area contributed by atoms with E-state index >= 15 is 0 Å². The molecule has 1 aliphatic heterocycles. The van der Waals surface area contributed by atoms with Crippen molar-refractivity contribution in [2.24, 2.45) is 0 Å². The van der Waals surface area contributed by atoms with Gasteiger partial charge in [0.15, 0.2) is 0 Å². The first kappa shape index (κ1) is 20.7. The van der Waals surface area contributed by atoms with Crippen molar-refractivity contribution in [3.63, 3.8) is 0 Å². The van der Waals surface area contributed by atoms with Crippen LogP contribution in [-0.4, -0.2) is 36.8 Å². The molecule has 0 N–H and O–H groups in total. The zero-order chi connectivity index (χ0) is 21.2. The molecule has 0 saturated heterocycles. The molecule has 3 rings (SSSR count). The van der Waals surface area contributed by atoms with Gasteiger partial charge in [0.2, 0.25) is 10.0 Å². The highest BCUT2D eigenvalue weighted by Crippen LogP contribution is 2.38. The number of nitrogens with zero attached hydrogens (tertiary/aromatic N) is 2. The minimum atomic E-state index is -4.02. The van der Waals surface area contributed by atoms with Gasteiger partial charge in [-0.25, -0.2) is 13.2 Å². The van der Waals surface area contributed by atoms with Crippen molar-refractivity contribution in [3.8, 4) is 0 Å². The molecule has 8 nitrogen and oxygen atoms in total. The van der Waals surface area contributed by atoms with E-state index in [1.807, 2.05) is 19.1 Å². The summed E-state index contributed by atoms with van der Waals surface area (Å²) in [7, 11) is -4.02. The van der Waals surface area contributed by atoms with Crippen LogP contribution in [0.25, 0.3) is 0 Å². The van der Waals surface area contributed by atoms with Crippen molar-refractivity contribution in [2.75, 3.05) is 13.2 Å². The Labute approximate surface area is 168 Å². The summed E-state index contributed by atoms with van der Waals surface area (Å²) in [4.78, 5) is 22.6. The number of sulfonamides is 1. The Kier molecular flexibility index (Phi) is 5.81. The molecule has 0 saturated carbocycles. The molecule has 0 spiro atoms. The molecule has 2 aromatic rings. The summed E-state index contributed by atoms with van der Waals surface area (Å²) in [5.74, 6) is -0.570. The quantitative estimate of drug-likeness (QED) is 0.407. The summed E-state index contributed by atoms with van der Waals surface area (Å²) in [5.41, 5.74) is 1.68. The Morgan fingerprint density at radius 3 is 2.34 bits per heavy atom. The van der Waals surface area contributed by atoms with Crippen LogP contribution in [0.5, 0.6) is 0 Å². The van der Waals surface area contributed by atoms with Crippen LogP contribution in [0.15, 0.2) is 65.1 Å². The molecule has 29 heavy (non-hydrogen) atoms. The fraction of sp³-hybridized carbons (Fsp3) is 0.250. The Morgan fingerprint density at radius 1 is 1.17 bits per heavy atom. The van der Waals surface area contributed by atoms with Gasteiger partial charge in [-0.3, -0.25) is 10.1 Å². The summed E-state index contributed by atoms with van der Waals surface area (Å²) in [5, 5.41) is 10.8. The van der Waals surface area contributed by atoms with Crippen LogP contribution in [0.3, 0.4) is 0 Å². The molecule has 0 bridgehead atoms. The lowest BCUT2D eigenvalue weighted by atomic mass is 10.00. The third kappa shape index (κ3) is 4.06. The van der Waals surface area contributed by atoms with Gasteiger partial charge in [-0.2, -0.15) is 4.31 Å². The van der Waals surface area contributed by atoms with Gasteiger partial charge in [0.25, 0.3) is 5.69 Å². The smallest absolute Gasteiger partial charge is 0.335 e. The van der Waals surface area contributed by atoms with Crippen LogP contribution < -0.4 is 0 Å². The minimum absolute atomic E-state index is 0.00793. The molecule has 1 unspecified atom stereocenters. The Bertz CT molecular complexity index is 1060. The maximum atomic E-state index is 13.3. The Hall–Kier alpha value is -3.04. The number of nitro groups is 1. The van der Waals surface area contributed by atoms with E-state index in [4.69, 9.17) is 4.74 Å². The predicted octanol–water partition coefficient (Wildman–Crippen LogP) is 3.14. The SMILES string of the molecule is CCOC(=O)C1=CCN(S(=O)(=O)c2ccc([N+](=O)[O-])cc2)C1c1ccc(C)cc1. The van der Waals surface area contributed by atoms with E-state index < -0.39 is 27.0 Å². The van der Waals surface area contributed by atoms with Crippen molar-refractivity contribution in [3.05, 3.63) is 81.4 Å². The molecule has 2 aromatic carbocycles. The van der Waals surface area contributed by atoms with Gasteiger partial charge in [0.05, 0.1) is 28.0 Å². The molecule has 1 aliphatic rings. The lowest BCUT2D eigenvalue weighted by molar-refractivity contribution is -0.384. The number of carbonyl (C=O) groups is 1. The first-order valence-electron chi connectivity index (χ1n) is 8.95. The van der Waals surface area contributed by atoms with Crippen LogP contribution in [0.1, 0.15) is 24.1 Å². The summed E-state index contributed by atoms with van der Waals surface area (Å²) in [6.07, 6.45) is 1.55. The van der Waals surface area contributed by atoms with E-state index in [0.717, 1.165) is 17.7 Å². The maximum Gasteiger partial charge on any atom is 0.335 e. The monoisotopic (exact) mass is 416 g/mol. The Morgan fingerprint density at radius 2 is 1.79 bits per heavy atom. The lowest BCUT2D eigenvalue weighted by Crippen LogP contribution is -2.33. The second-order valence-corrected chi connectivity index (χ2v) is 8.41. The first-order chi connectivity index (χ1) is 13.8. The highest BCUT2D eigenvalue weighted by molar-refractivity contribution is 7.89. The summed E-state index contributed by atoms with van der Waals surface area (Å²) in [6, 6.07) is 11.1. The number of carbonyl (C=O) groups excluding carboxylic acids is 1. The van der Waals surface area contributed by atoms with Gasteiger partial charge in [-0.15, -0.1) is 0 Å². The van der Waals surface area contributed by atoms with Crippen LogP contribution in [0.4, 0.5) is 5.69 Å². The van der Waals surface area contributed by atoms with Gasteiger partial charge in [0.1, 0.15) is 0 Å². The van der Waals surface area contributed by atoms with E-state index in [9.17, 15) is 23.3 Å². The van der Waals surface area contributed by atoms with E-state index in [-0.39, 0.29) is 29.3 Å². The van der Waals surface area contributed by atoms with Crippen LogP contribution in [0.2, 0.25) is 0 Å². The van der Waals surface area contributed by atoms with Crippen molar-refractivity contribution in [2.45, 2.75) is 24.8 Å². The van der Waals surface area contributed by atoms with Crippen molar-refractivity contribution < 1.29 is 22.9 Å². The number of esters is 1. The molecule has 9 heteroatoms. The van der Waals surface area contributed by atoms with Crippen LogP contribution in [0, 0.1) is 17.0 Å². The van der Waals surface area contributed by atoms with Crippen LogP contribution >= 0.6 is 0 Å². The molecule has 1 heterocycles. The number of ether oxygens (including phenoxy) is 1. The number of benzene rings is 2. The van der Waals surface area contributed by atoms with E-state index in [1.165, 1.54) is 16.4 Å². The number of hydrogen-bond donors (Lipinski definition) is 0. The number of non-ortho nitro benzene ring substituents is 1. The highest BCUT2D eigenvalue weighted by Gasteiger charge is 2.41. The standard InChI is InChI=1S/C20H20N2O6S/c1-3-28-20(23)18-12-13-21(19(18)15-6-4-14(2)5-7-15)29(26,27)17-10-8-16(9-11-17)22(24)25/h4-12,19H,3,13H2,1-2H3. The zero-order valence-electron chi connectivity index (χ0n) is 15.9. The van der Waals surface area contributed by atoms with E-state index in [1.54, 1.807) is 25.1 Å². The highest BCUT2D eigenvalue weighted by atomic mass is 32.2. The second kappa shape index (κ2) is 8.14. The number of aryl methyl sites for hydroxylation is 1. The summed E-state index contributed by atoms with van der Waals surface area (Å²) in [6.45, 7) is 3.75. The predicted molar refractivity (Wildman–Crippen MR) is 106 cm³/mol. The number of nitro benzene ring substituents is 1. The number of hydrogen-bond acceptors (Lipinski definition) is 6. The normalized spacial score (nSPS) is 17.0. The average Bonchev–Trinajstić information content (AvgIpc) is 3.15. The molecule has 1 atom stereocenters.